The number of thiazole rings is 1. The number of carbonyl (C=O) groups excluding carboxylic acids is 1. The molecule has 134 valence electrons. The van der Waals surface area contributed by atoms with Crippen molar-refractivity contribution in [3.8, 4) is 0 Å². The third kappa shape index (κ3) is 4.07. The van der Waals surface area contributed by atoms with Gasteiger partial charge in [-0.2, -0.15) is 0 Å². The Kier molecular flexibility index (Phi) is 5.49. The number of aromatic nitrogens is 1. The van der Waals surface area contributed by atoms with E-state index in [4.69, 9.17) is 0 Å². The molecule has 1 atom stereocenters. The summed E-state index contributed by atoms with van der Waals surface area (Å²) < 4.78 is 13.2. The van der Waals surface area contributed by atoms with E-state index in [1.807, 2.05) is 5.38 Å². The molecule has 1 amide bonds. The van der Waals surface area contributed by atoms with E-state index < -0.39 is 0 Å². The van der Waals surface area contributed by atoms with E-state index in [-0.39, 0.29) is 11.7 Å². The van der Waals surface area contributed by atoms with Gasteiger partial charge in [0.05, 0.1) is 11.4 Å². The molecule has 1 aromatic carbocycles. The van der Waals surface area contributed by atoms with Crippen LogP contribution in [0, 0.1) is 11.7 Å². The molecule has 0 bridgehead atoms. The van der Waals surface area contributed by atoms with E-state index in [1.165, 1.54) is 48.1 Å². The van der Waals surface area contributed by atoms with Gasteiger partial charge in [-0.15, -0.1) is 11.3 Å². The van der Waals surface area contributed by atoms with E-state index in [0.29, 0.717) is 22.8 Å². The number of amides is 1. The summed E-state index contributed by atoms with van der Waals surface area (Å²) in [7, 11) is 0. The van der Waals surface area contributed by atoms with Crippen molar-refractivity contribution in [1.29, 1.82) is 0 Å². The van der Waals surface area contributed by atoms with Crippen LogP contribution in [0.2, 0.25) is 0 Å². The summed E-state index contributed by atoms with van der Waals surface area (Å²) >= 11 is 1.45. The van der Waals surface area contributed by atoms with Crippen LogP contribution in [0.5, 0.6) is 0 Å². The fourth-order valence-corrected chi connectivity index (χ4v) is 4.38. The first-order valence-electron chi connectivity index (χ1n) is 8.70. The maximum atomic E-state index is 13.2. The number of carbonyl (C=O) groups is 1. The first-order chi connectivity index (χ1) is 12.0. The van der Waals surface area contributed by atoms with Crippen LogP contribution in [0.25, 0.3) is 0 Å². The van der Waals surface area contributed by atoms with Crippen molar-refractivity contribution < 1.29 is 9.18 Å². The second-order valence-corrected chi connectivity index (χ2v) is 7.71. The maximum absolute atomic E-state index is 13.2. The zero-order chi connectivity index (χ0) is 18.0. The lowest BCUT2D eigenvalue weighted by Crippen LogP contribution is -2.33. The Hall–Kier alpha value is -1.79. The zero-order valence-corrected chi connectivity index (χ0v) is 15.7. The van der Waals surface area contributed by atoms with E-state index in [9.17, 15) is 9.18 Å². The van der Waals surface area contributed by atoms with Gasteiger partial charge in [-0.25, -0.2) is 9.37 Å². The fraction of sp³-hybridized carbons (Fsp3) is 0.474. The molecule has 6 heteroatoms. The molecule has 1 aliphatic heterocycles. The molecule has 0 spiro atoms. The quantitative estimate of drug-likeness (QED) is 0.782. The number of benzene rings is 1. The normalized spacial score (nSPS) is 18.0. The Balaban J connectivity index is 1.79. The van der Waals surface area contributed by atoms with Gasteiger partial charge in [-0.3, -0.25) is 14.6 Å². The third-order valence-corrected chi connectivity index (χ3v) is 5.55. The lowest BCUT2D eigenvalue weighted by atomic mass is 10.0. The topological polar surface area (TPSA) is 36.4 Å². The van der Waals surface area contributed by atoms with Crippen molar-refractivity contribution in [3.63, 3.8) is 0 Å². The van der Waals surface area contributed by atoms with Gasteiger partial charge >= 0.3 is 0 Å². The van der Waals surface area contributed by atoms with Crippen molar-refractivity contribution >= 4 is 28.1 Å². The molecule has 1 aromatic heterocycles. The molecule has 2 heterocycles. The Bertz CT molecular complexity index is 729. The van der Waals surface area contributed by atoms with Crippen LogP contribution in [0.4, 0.5) is 15.2 Å². The second kappa shape index (κ2) is 7.62. The smallest absolute Gasteiger partial charge is 0.230 e. The van der Waals surface area contributed by atoms with Gasteiger partial charge in [0, 0.05) is 24.9 Å². The van der Waals surface area contributed by atoms with Crippen LogP contribution in [0.15, 0.2) is 29.6 Å². The zero-order valence-electron chi connectivity index (χ0n) is 14.9. The molecule has 0 N–H and O–H groups in total. The molecular weight excluding hydrogens is 337 g/mol. The molecule has 1 unspecified atom stereocenters. The van der Waals surface area contributed by atoms with Crippen molar-refractivity contribution in [2.24, 2.45) is 5.92 Å². The minimum atomic E-state index is -0.319. The van der Waals surface area contributed by atoms with Gasteiger partial charge in [-0.05, 0) is 49.6 Å². The summed E-state index contributed by atoms with van der Waals surface area (Å²) in [5.41, 5.74) is 1.62. The van der Waals surface area contributed by atoms with Crippen molar-refractivity contribution in [3.05, 3.63) is 41.2 Å². The first kappa shape index (κ1) is 18.0. The molecule has 0 radical (unpaired) electrons. The second-order valence-electron chi connectivity index (χ2n) is 6.88. The first-order valence-corrected chi connectivity index (χ1v) is 9.58. The average molecular weight is 361 g/mol. The summed E-state index contributed by atoms with van der Waals surface area (Å²) in [5, 5.41) is 2.65. The third-order valence-electron chi connectivity index (χ3n) is 4.68. The van der Waals surface area contributed by atoms with E-state index in [0.717, 1.165) is 18.8 Å². The van der Waals surface area contributed by atoms with E-state index in [2.05, 4.69) is 23.7 Å². The number of hydrogen-bond donors (Lipinski definition) is 0. The Morgan fingerprint density at radius 2 is 2.12 bits per heavy atom. The Morgan fingerprint density at radius 3 is 2.76 bits per heavy atom. The van der Waals surface area contributed by atoms with Crippen LogP contribution in [-0.2, 0) is 11.3 Å². The predicted octanol–water partition coefficient (Wildman–Crippen LogP) is 4.59. The summed E-state index contributed by atoms with van der Waals surface area (Å²) in [6.45, 7) is 7.95. The highest BCUT2D eigenvalue weighted by molar-refractivity contribution is 7.14. The molecule has 1 fully saturated rings. The van der Waals surface area contributed by atoms with Gasteiger partial charge in [0.1, 0.15) is 5.82 Å². The van der Waals surface area contributed by atoms with Crippen LogP contribution in [-0.4, -0.2) is 28.4 Å². The molecule has 4 nitrogen and oxygen atoms in total. The van der Waals surface area contributed by atoms with Crippen LogP contribution in [0.1, 0.15) is 39.3 Å². The number of halogens is 1. The van der Waals surface area contributed by atoms with Gasteiger partial charge in [0.25, 0.3) is 0 Å². The molecule has 1 saturated heterocycles. The number of nitrogens with zero attached hydrogens (tertiary/aromatic N) is 3. The monoisotopic (exact) mass is 361 g/mol. The molecule has 2 aromatic rings. The lowest BCUT2D eigenvalue weighted by Gasteiger charge is -2.26. The van der Waals surface area contributed by atoms with E-state index in [1.54, 1.807) is 12.1 Å². The Labute approximate surface area is 152 Å². The maximum Gasteiger partial charge on any atom is 0.230 e. The van der Waals surface area contributed by atoms with Crippen LogP contribution >= 0.6 is 11.3 Å². The largest absolute Gasteiger partial charge is 0.294 e. The summed E-state index contributed by atoms with van der Waals surface area (Å²) in [5.74, 6) is 0.183. The van der Waals surface area contributed by atoms with Crippen LogP contribution in [0.3, 0.4) is 0 Å². The molecular formula is C19H24FN3OS. The molecule has 25 heavy (non-hydrogen) atoms. The number of hydrogen-bond acceptors (Lipinski definition) is 4. The van der Waals surface area contributed by atoms with Gasteiger partial charge in [-0.1, -0.05) is 13.8 Å². The summed E-state index contributed by atoms with van der Waals surface area (Å²) in [6, 6.07) is 6.53. The standard InChI is InChI=1S/C19H24FN3OS/c1-13(2)18-5-4-10-22(18)11-16-12-25-19(21-16)23(14(3)24)17-8-6-15(20)7-9-17/h6-9,12-13,18H,4-5,10-11H2,1-3H3. The Morgan fingerprint density at radius 1 is 1.40 bits per heavy atom. The summed E-state index contributed by atoms with van der Waals surface area (Å²) in [6.07, 6.45) is 2.47. The number of rotatable bonds is 5. The van der Waals surface area contributed by atoms with Gasteiger partial charge < -0.3 is 0 Å². The SMILES string of the molecule is CC(=O)N(c1ccc(F)cc1)c1nc(CN2CCCC2C(C)C)cs1. The van der Waals surface area contributed by atoms with Crippen molar-refractivity contribution in [2.45, 2.75) is 46.2 Å². The van der Waals surface area contributed by atoms with Crippen molar-refractivity contribution in [1.82, 2.24) is 9.88 Å². The number of likely N-dealkylation sites (tertiary alicyclic amines) is 1. The molecule has 0 aliphatic carbocycles. The van der Waals surface area contributed by atoms with Crippen LogP contribution < -0.4 is 4.90 Å². The molecule has 0 saturated carbocycles. The fourth-order valence-electron chi connectivity index (χ4n) is 3.50. The predicted molar refractivity (Wildman–Crippen MR) is 99.6 cm³/mol. The minimum absolute atomic E-state index is 0.131. The number of anilines is 2. The van der Waals surface area contributed by atoms with Crippen molar-refractivity contribution in [2.75, 3.05) is 11.4 Å². The highest BCUT2D eigenvalue weighted by Crippen LogP contribution is 2.31. The minimum Gasteiger partial charge on any atom is -0.294 e. The van der Waals surface area contributed by atoms with E-state index >= 15 is 0 Å². The highest BCUT2D eigenvalue weighted by atomic mass is 32.1. The van der Waals surface area contributed by atoms with Gasteiger partial charge in [0.2, 0.25) is 5.91 Å². The molecule has 1 aliphatic rings. The average Bonchev–Trinajstić information content (AvgIpc) is 3.19. The highest BCUT2D eigenvalue weighted by Gasteiger charge is 2.28. The van der Waals surface area contributed by atoms with Gasteiger partial charge in [0.15, 0.2) is 5.13 Å². The molecule has 3 rings (SSSR count). The summed E-state index contributed by atoms with van der Waals surface area (Å²) in [4.78, 5) is 20.8. The lowest BCUT2D eigenvalue weighted by molar-refractivity contribution is -0.115.